The molecule has 0 spiro atoms. The number of aliphatic hydroxyl groups excluding tert-OH is 1. The van der Waals surface area contributed by atoms with Crippen molar-refractivity contribution in [2.24, 2.45) is 5.92 Å². The molecule has 62 valence electrons. The molecule has 10 heavy (non-hydrogen) atoms. The first-order valence-corrected chi connectivity index (χ1v) is 3.83. The standard InChI is InChI=1S/C8H18O2/c1-5-7(9)8(4,10)6(2)3/h6-7,9-10H,5H2,1-4H3/t7?,8-/m1/s1. The molecule has 0 radical (unpaired) electrons. The van der Waals surface area contributed by atoms with Crippen molar-refractivity contribution in [3.8, 4) is 0 Å². The topological polar surface area (TPSA) is 40.5 Å². The van der Waals surface area contributed by atoms with Gasteiger partial charge < -0.3 is 10.2 Å². The first-order valence-electron chi connectivity index (χ1n) is 3.83. The Morgan fingerprint density at radius 3 is 1.90 bits per heavy atom. The summed E-state index contributed by atoms with van der Waals surface area (Å²) in [6, 6.07) is 0. The van der Waals surface area contributed by atoms with Crippen LogP contribution in [0.1, 0.15) is 34.1 Å². The normalized spacial score (nSPS) is 20.7. The zero-order chi connectivity index (χ0) is 8.36. The Morgan fingerprint density at radius 1 is 1.40 bits per heavy atom. The summed E-state index contributed by atoms with van der Waals surface area (Å²) in [5.41, 5.74) is -0.936. The van der Waals surface area contributed by atoms with E-state index in [0.717, 1.165) is 0 Å². The Hall–Kier alpha value is -0.0800. The molecule has 0 saturated heterocycles. The number of aliphatic hydroxyl groups is 2. The van der Waals surface area contributed by atoms with Crippen LogP contribution in [0.2, 0.25) is 0 Å². The quantitative estimate of drug-likeness (QED) is 0.627. The molecule has 2 N–H and O–H groups in total. The fourth-order valence-electron chi connectivity index (χ4n) is 0.798. The predicted molar refractivity (Wildman–Crippen MR) is 41.8 cm³/mol. The summed E-state index contributed by atoms with van der Waals surface area (Å²) in [6.45, 7) is 7.34. The minimum atomic E-state index is -0.936. The van der Waals surface area contributed by atoms with Crippen molar-refractivity contribution >= 4 is 0 Å². The van der Waals surface area contributed by atoms with Crippen molar-refractivity contribution in [1.82, 2.24) is 0 Å². The van der Waals surface area contributed by atoms with Crippen LogP contribution in [0.25, 0.3) is 0 Å². The van der Waals surface area contributed by atoms with Crippen molar-refractivity contribution in [3.63, 3.8) is 0 Å². The lowest BCUT2D eigenvalue weighted by Crippen LogP contribution is -2.43. The number of rotatable bonds is 3. The molecule has 1 unspecified atom stereocenters. The van der Waals surface area contributed by atoms with Crippen LogP contribution in [-0.4, -0.2) is 21.9 Å². The fourth-order valence-corrected chi connectivity index (χ4v) is 0.798. The Balaban J connectivity index is 4.09. The van der Waals surface area contributed by atoms with Crippen molar-refractivity contribution in [1.29, 1.82) is 0 Å². The highest BCUT2D eigenvalue weighted by Gasteiger charge is 2.31. The van der Waals surface area contributed by atoms with Crippen LogP contribution < -0.4 is 0 Å². The summed E-state index contributed by atoms with van der Waals surface area (Å²) >= 11 is 0. The van der Waals surface area contributed by atoms with Crippen molar-refractivity contribution in [2.75, 3.05) is 0 Å². The van der Waals surface area contributed by atoms with E-state index >= 15 is 0 Å². The molecular formula is C8H18O2. The molecule has 0 aromatic rings. The molecule has 0 bridgehead atoms. The summed E-state index contributed by atoms with van der Waals surface area (Å²) in [6.07, 6.45) is -0.00181. The number of hydrogen-bond acceptors (Lipinski definition) is 2. The van der Waals surface area contributed by atoms with Crippen LogP contribution in [0.4, 0.5) is 0 Å². The van der Waals surface area contributed by atoms with Gasteiger partial charge >= 0.3 is 0 Å². The van der Waals surface area contributed by atoms with E-state index in [1.165, 1.54) is 0 Å². The van der Waals surface area contributed by atoms with E-state index in [4.69, 9.17) is 0 Å². The molecule has 0 aliphatic heterocycles. The summed E-state index contributed by atoms with van der Waals surface area (Å²) in [5, 5.41) is 18.9. The summed E-state index contributed by atoms with van der Waals surface area (Å²) < 4.78 is 0. The van der Waals surface area contributed by atoms with Crippen LogP contribution in [0.3, 0.4) is 0 Å². The van der Waals surface area contributed by atoms with Gasteiger partial charge in [-0.25, -0.2) is 0 Å². The van der Waals surface area contributed by atoms with Gasteiger partial charge in [-0.15, -0.1) is 0 Å². The molecule has 2 nitrogen and oxygen atoms in total. The Bertz CT molecular complexity index is 97.4. The average Bonchev–Trinajstić information content (AvgIpc) is 1.86. The van der Waals surface area contributed by atoms with Gasteiger partial charge in [0.25, 0.3) is 0 Å². The Morgan fingerprint density at radius 2 is 1.80 bits per heavy atom. The SMILES string of the molecule is CCC(O)[C@](C)(O)C(C)C. The lowest BCUT2D eigenvalue weighted by molar-refractivity contribution is -0.0926. The highest BCUT2D eigenvalue weighted by molar-refractivity contribution is 4.83. The van der Waals surface area contributed by atoms with E-state index in [-0.39, 0.29) is 5.92 Å². The maximum absolute atomic E-state index is 9.61. The van der Waals surface area contributed by atoms with E-state index in [1.807, 2.05) is 20.8 Å². The summed E-state index contributed by atoms with van der Waals surface area (Å²) in [4.78, 5) is 0. The predicted octanol–water partition coefficient (Wildman–Crippen LogP) is 1.16. The molecule has 2 atom stereocenters. The van der Waals surface area contributed by atoms with Crippen LogP contribution >= 0.6 is 0 Å². The second-order valence-electron chi connectivity index (χ2n) is 3.30. The molecule has 0 heterocycles. The molecule has 0 rings (SSSR count). The zero-order valence-electron chi connectivity index (χ0n) is 7.26. The van der Waals surface area contributed by atoms with Gasteiger partial charge in [0.05, 0.1) is 11.7 Å². The van der Waals surface area contributed by atoms with Gasteiger partial charge in [0.2, 0.25) is 0 Å². The molecule has 0 aromatic heterocycles. The molecule has 0 fully saturated rings. The van der Waals surface area contributed by atoms with Gasteiger partial charge in [-0.3, -0.25) is 0 Å². The fraction of sp³-hybridized carbons (Fsp3) is 1.00. The van der Waals surface area contributed by atoms with Gasteiger partial charge in [-0.05, 0) is 19.3 Å². The molecule has 0 aliphatic rings. The van der Waals surface area contributed by atoms with Gasteiger partial charge in [0.15, 0.2) is 0 Å². The summed E-state index contributed by atoms with van der Waals surface area (Å²) in [7, 11) is 0. The van der Waals surface area contributed by atoms with Crippen molar-refractivity contribution in [3.05, 3.63) is 0 Å². The van der Waals surface area contributed by atoms with Crippen LogP contribution in [0, 0.1) is 5.92 Å². The molecule has 0 aliphatic carbocycles. The largest absolute Gasteiger partial charge is 0.390 e. The van der Waals surface area contributed by atoms with E-state index in [1.54, 1.807) is 6.92 Å². The van der Waals surface area contributed by atoms with Crippen LogP contribution in [-0.2, 0) is 0 Å². The maximum atomic E-state index is 9.61. The van der Waals surface area contributed by atoms with E-state index in [0.29, 0.717) is 6.42 Å². The van der Waals surface area contributed by atoms with Gasteiger partial charge in [0, 0.05) is 0 Å². The van der Waals surface area contributed by atoms with Gasteiger partial charge in [0.1, 0.15) is 0 Å². The molecule has 0 aromatic carbocycles. The highest BCUT2D eigenvalue weighted by Crippen LogP contribution is 2.21. The first kappa shape index (κ1) is 9.92. The molecule has 2 heteroatoms. The molecular weight excluding hydrogens is 128 g/mol. The molecule has 0 saturated carbocycles. The third kappa shape index (κ3) is 1.96. The first-order chi connectivity index (χ1) is 4.42. The lowest BCUT2D eigenvalue weighted by Gasteiger charge is -2.32. The minimum absolute atomic E-state index is 0.0995. The van der Waals surface area contributed by atoms with Gasteiger partial charge in [-0.2, -0.15) is 0 Å². The maximum Gasteiger partial charge on any atom is 0.0900 e. The van der Waals surface area contributed by atoms with E-state index in [2.05, 4.69) is 0 Å². The average molecular weight is 146 g/mol. The highest BCUT2D eigenvalue weighted by atomic mass is 16.3. The molecule has 0 amide bonds. The van der Waals surface area contributed by atoms with Crippen LogP contribution in [0.5, 0.6) is 0 Å². The second kappa shape index (κ2) is 3.35. The van der Waals surface area contributed by atoms with E-state index in [9.17, 15) is 10.2 Å². The van der Waals surface area contributed by atoms with Crippen molar-refractivity contribution < 1.29 is 10.2 Å². The zero-order valence-corrected chi connectivity index (χ0v) is 7.26. The van der Waals surface area contributed by atoms with E-state index < -0.39 is 11.7 Å². The smallest absolute Gasteiger partial charge is 0.0900 e. The van der Waals surface area contributed by atoms with Crippen LogP contribution in [0.15, 0.2) is 0 Å². The Kier molecular flexibility index (Phi) is 3.33. The van der Waals surface area contributed by atoms with Crippen molar-refractivity contribution in [2.45, 2.75) is 45.8 Å². The third-order valence-electron chi connectivity index (χ3n) is 2.23. The van der Waals surface area contributed by atoms with Gasteiger partial charge in [-0.1, -0.05) is 20.8 Å². The second-order valence-corrected chi connectivity index (χ2v) is 3.30. The lowest BCUT2D eigenvalue weighted by atomic mass is 9.86. The monoisotopic (exact) mass is 146 g/mol. The Labute approximate surface area is 62.9 Å². The summed E-state index contributed by atoms with van der Waals surface area (Å²) in [5.74, 6) is 0.0995. The number of hydrogen-bond donors (Lipinski definition) is 2. The minimum Gasteiger partial charge on any atom is -0.390 e. The third-order valence-corrected chi connectivity index (χ3v) is 2.23.